The maximum atomic E-state index is 11.9. The molecule has 0 bridgehead atoms. The number of aromatic nitrogens is 3. The van der Waals surface area contributed by atoms with E-state index < -0.39 is 0 Å². The number of hydrogen-bond donors (Lipinski definition) is 2. The highest BCUT2D eigenvalue weighted by Gasteiger charge is 2.20. The minimum Gasteiger partial charge on any atom is -0.335 e. The van der Waals surface area contributed by atoms with Gasteiger partial charge in [0.2, 0.25) is 0 Å². The van der Waals surface area contributed by atoms with Crippen LogP contribution in [0.25, 0.3) is 0 Å². The van der Waals surface area contributed by atoms with Crippen molar-refractivity contribution in [2.75, 3.05) is 6.54 Å². The van der Waals surface area contributed by atoms with Gasteiger partial charge < -0.3 is 4.98 Å². The molecule has 2 N–H and O–H groups in total. The summed E-state index contributed by atoms with van der Waals surface area (Å²) in [6, 6.07) is 0. The summed E-state index contributed by atoms with van der Waals surface area (Å²) in [5.41, 5.74) is 1.70. The summed E-state index contributed by atoms with van der Waals surface area (Å²) in [7, 11) is 0. The van der Waals surface area contributed by atoms with Gasteiger partial charge in [-0.25, -0.2) is 4.98 Å². The number of hydrogen-bond acceptors (Lipinski definition) is 5. The van der Waals surface area contributed by atoms with Gasteiger partial charge in [-0.15, -0.1) is 11.3 Å². The molecule has 0 fully saturated rings. The number of aromatic amines is 2. The van der Waals surface area contributed by atoms with E-state index in [0.29, 0.717) is 11.3 Å². The summed E-state index contributed by atoms with van der Waals surface area (Å²) in [5.74, 6) is 0. The molecule has 0 unspecified atom stereocenters. The van der Waals surface area contributed by atoms with Crippen molar-refractivity contribution in [3.63, 3.8) is 0 Å². The Bertz CT molecular complexity index is 658. The third-order valence-corrected chi connectivity index (χ3v) is 4.00. The molecular formula is C11H12N4OS2. The molecular weight excluding hydrogens is 268 g/mol. The molecule has 0 amide bonds. The van der Waals surface area contributed by atoms with E-state index >= 15 is 0 Å². The lowest BCUT2D eigenvalue weighted by atomic mass is 10.1. The Kier molecular flexibility index (Phi) is 3.11. The van der Waals surface area contributed by atoms with Crippen molar-refractivity contribution in [2.24, 2.45) is 0 Å². The first-order chi connectivity index (χ1) is 8.72. The fourth-order valence-corrected chi connectivity index (χ4v) is 3.04. The molecule has 18 heavy (non-hydrogen) atoms. The molecule has 94 valence electrons. The van der Waals surface area contributed by atoms with Crippen molar-refractivity contribution < 1.29 is 0 Å². The highest BCUT2D eigenvalue weighted by atomic mass is 32.1. The summed E-state index contributed by atoms with van der Waals surface area (Å²) in [5, 5.41) is 3.05. The first-order valence-electron chi connectivity index (χ1n) is 5.67. The lowest BCUT2D eigenvalue weighted by Gasteiger charge is -2.26. The van der Waals surface area contributed by atoms with E-state index in [1.807, 2.05) is 11.6 Å². The van der Waals surface area contributed by atoms with Crippen LogP contribution < -0.4 is 5.56 Å². The van der Waals surface area contributed by atoms with Crippen LogP contribution in [0, 0.1) is 4.77 Å². The van der Waals surface area contributed by atoms with Gasteiger partial charge >= 0.3 is 0 Å². The predicted octanol–water partition coefficient (Wildman–Crippen LogP) is 1.45. The van der Waals surface area contributed by atoms with Crippen LogP contribution in [-0.2, 0) is 19.5 Å². The summed E-state index contributed by atoms with van der Waals surface area (Å²) in [6.07, 6.45) is 2.64. The van der Waals surface area contributed by atoms with E-state index in [-0.39, 0.29) is 5.56 Å². The Hall–Kier alpha value is -1.31. The zero-order valence-corrected chi connectivity index (χ0v) is 11.2. The molecule has 3 heterocycles. The molecule has 1 aliphatic heterocycles. The number of nitrogens with one attached hydrogen (secondary N) is 2. The highest BCUT2D eigenvalue weighted by Crippen LogP contribution is 2.16. The fourth-order valence-electron chi connectivity index (χ4n) is 2.17. The van der Waals surface area contributed by atoms with Crippen molar-refractivity contribution in [1.29, 1.82) is 0 Å². The maximum Gasteiger partial charge on any atom is 0.256 e. The number of H-pyrrole nitrogens is 2. The predicted molar refractivity (Wildman–Crippen MR) is 72.2 cm³/mol. The molecule has 2 aromatic heterocycles. The molecule has 0 atom stereocenters. The third-order valence-electron chi connectivity index (χ3n) is 3.03. The molecule has 2 aromatic rings. The minimum atomic E-state index is -0.0717. The largest absolute Gasteiger partial charge is 0.335 e. The summed E-state index contributed by atoms with van der Waals surface area (Å²) in [6.45, 7) is 2.36. The van der Waals surface area contributed by atoms with E-state index in [9.17, 15) is 4.79 Å². The van der Waals surface area contributed by atoms with E-state index in [2.05, 4.69) is 19.9 Å². The molecule has 0 saturated carbocycles. The fraction of sp³-hybridized carbons (Fsp3) is 0.364. The summed E-state index contributed by atoms with van der Waals surface area (Å²) < 4.78 is 0.409. The maximum absolute atomic E-state index is 11.9. The van der Waals surface area contributed by atoms with E-state index in [1.165, 1.54) is 0 Å². The molecule has 0 spiro atoms. The summed E-state index contributed by atoms with van der Waals surface area (Å²) in [4.78, 5) is 24.1. The number of fused-ring (bicyclic) bond motifs is 1. The van der Waals surface area contributed by atoms with Gasteiger partial charge in [-0.1, -0.05) is 0 Å². The smallest absolute Gasteiger partial charge is 0.256 e. The Morgan fingerprint density at radius 3 is 3.17 bits per heavy atom. The quantitative estimate of drug-likeness (QED) is 0.817. The molecule has 7 heteroatoms. The molecule has 0 aliphatic carbocycles. The van der Waals surface area contributed by atoms with Crippen LogP contribution in [0.2, 0.25) is 0 Å². The average molecular weight is 280 g/mol. The lowest BCUT2D eigenvalue weighted by molar-refractivity contribution is 0.241. The Morgan fingerprint density at radius 2 is 2.39 bits per heavy atom. The molecule has 0 saturated heterocycles. The van der Waals surface area contributed by atoms with Gasteiger partial charge in [0.15, 0.2) is 4.77 Å². The monoisotopic (exact) mass is 280 g/mol. The van der Waals surface area contributed by atoms with Crippen LogP contribution in [0.4, 0.5) is 0 Å². The van der Waals surface area contributed by atoms with Crippen molar-refractivity contribution >= 4 is 23.6 Å². The molecule has 1 aliphatic rings. The van der Waals surface area contributed by atoms with Gasteiger partial charge in [-0.3, -0.25) is 14.7 Å². The lowest BCUT2D eigenvalue weighted by Crippen LogP contribution is -2.35. The summed E-state index contributed by atoms with van der Waals surface area (Å²) >= 11 is 6.62. The van der Waals surface area contributed by atoms with Crippen LogP contribution in [0.1, 0.15) is 16.3 Å². The van der Waals surface area contributed by atoms with E-state index in [1.54, 1.807) is 11.3 Å². The molecule has 5 nitrogen and oxygen atoms in total. The van der Waals surface area contributed by atoms with Gasteiger partial charge in [0, 0.05) is 36.8 Å². The Morgan fingerprint density at radius 1 is 1.50 bits per heavy atom. The van der Waals surface area contributed by atoms with Crippen molar-refractivity contribution in [1.82, 2.24) is 19.9 Å². The standard InChI is InChI=1S/C11H12N4OS2/c16-10-7-5-15(6-9-12-2-4-18-9)3-1-8(7)13-11(17)14-10/h2,4H,1,3,5-6H2,(H2,13,14,16,17). The van der Waals surface area contributed by atoms with Crippen LogP contribution >= 0.6 is 23.6 Å². The van der Waals surface area contributed by atoms with Crippen LogP contribution in [0.5, 0.6) is 0 Å². The van der Waals surface area contributed by atoms with Gasteiger partial charge in [-0.05, 0) is 12.2 Å². The Balaban J connectivity index is 1.85. The molecule has 3 rings (SSSR count). The van der Waals surface area contributed by atoms with Gasteiger partial charge in [0.25, 0.3) is 5.56 Å². The number of rotatable bonds is 2. The van der Waals surface area contributed by atoms with E-state index in [0.717, 1.165) is 35.8 Å². The van der Waals surface area contributed by atoms with Gasteiger partial charge in [0.1, 0.15) is 5.01 Å². The van der Waals surface area contributed by atoms with Crippen LogP contribution in [0.15, 0.2) is 16.4 Å². The van der Waals surface area contributed by atoms with Crippen molar-refractivity contribution in [2.45, 2.75) is 19.5 Å². The molecule has 0 aromatic carbocycles. The van der Waals surface area contributed by atoms with Crippen molar-refractivity contribution in [3.8, 4) is 0 Å². The van der Waals surface area contributed by atoms with Gasteiger partial charge in [0.05, 0.1) is 12.1 Å². The van der Waals surface area contributed by atoms with Crippen molar-refractivity contribution in [3.05, 3.63) is 43.0 Å². The zero-order valence-electron chi connectivity index (χ0n) is 9.60. The second kappa shape index (κ2) is 4.75. The topological polar surface area (TPSA) is 64.8 Å². The second-order valence-corrected chi connectivity index (χ2v) is 5.64. The van der Waals surface area contributed by atoms with E-state index in [4.69, 9.17) is 12.2 Å². The van der Waals surface area contributed by atoms with Crippen LogP contribution in [0.3, 0.4) is 0 Å². The second-order valence-electron chi connectivity index (χ2n) is 4.25. The Labute approximate surface area is 113 Å². The molecule has 0 radical (unpaired) electrons. The SMILES string of the molecule is O=c1[nH]c(=S)[nH]c2c1CN(Cc1nccs1)CC2. The van der Waals surface area contributed by atoms with Gasteiger partial charge in [-0.2, -0.15) is 0 Å². The third kappa shape index (κ3) is 2.29. The normalized spacial score (nSPS) is 15.6. The number of thiazole rings is 1. The number of nitrogens with zero attached hydrogens (tertiary/aromatic N) is 2. The average Bonchev–Trinajstić information content (AvgIpc) is 2.83. The highest BCUT2D eigenvalue weighted by molar-refractivity contribution is 7.71. The minimum absolute atomic E-state index is 0.0717. The van der Waals surface area contributed by atoms with Crippen LogP contribution in [-0.4, -0.2) is 26.4 Å². The first-order valence-corrected chi connectivity index (χ1v) is 6.96. The zero-order chi connectivity index (χ0) is 12.5. The first kappa shape index (κ1) is 11.8.